The molecule has 178 valence electrons. The molecule has 7 nitrogen and oxygen atoms in total. The number of nitrogens with zero attached hydrogens (tertiary/aromatic N) is 2. The van der Waals surface area contributed by atoms with Gasteiger partial charge in [0.05, 0.1) is 12.3 Å². The maximum atomic E-state index is 14.4. The normalized spacial score (nSPS) is 42.0. The fourth-order valence-corrected chi connectivity index (χ4v) is 7.11. The van der Waals surface area contributed by atoms with E-state index >= 15 is 0 Å². The molecule has 0 radical (unpaired) electrons. The van der Waals surface area contributed by atoms with Crippen molar-refractivity contribution in [3.8, 4) is 0 Å². The Kier molecular flexibility index (Phi) is 6.97. The Morgan fingerprint density at radius 2 is 1.94 bits per heavy atom. The van der Waals surface area contributed by atoms with Crippen molar-refractivity contribution in [1.29, 1.82) is 0 Å². The summed E-state index contributed by atoms with van der Waals surface area (Å²) < 4.78 is 39.6. The van der Waals surface area contributed by atoms with E-state index in [0.717, 1.165) is 51.6 Å². The molecular weight excluding hydrogens is 419 g/mol. The first-order valence-corrected chi connectivity index (χ1v) is 13.9. The Morgan fingerprint density at radius 1 is 1.16 bits per heavy atom. The average Bonchev–Trinajstić information content (AvgIpc) is 3.38. The van der Waals surface area contributed by atoms with Gasteiger partial charge in [0.25, 0.3) is 0 Å². The second kappa shape index (κ2) is 9.23. The third-order valence-electron chi connectivity index (χ3n) is 8.40. The fraction of sp³-hybridized carbons (Fsp3) is 0.955. The predicted molar refractivity (Wildman–Crippen MR) is 119 cm³/mol. The Labute approximate surface area is 186 Å². The highest BCUT2D eigenvalue weighted by atomic mass is 32.2. The molecule has 0 aromatic carbocycles. The zero-order chi connectivity index (χ0) is 22.3. The molecule has 9 heteroatoms. The van der Waals surface area contributed by atoms with Gasteiger partial charge in [0, 0.05) is 50.2 Å². The van der Waals surface area contributed by atoms with Gasteiger partial charge in [0.1, 0.15) is 6.17 Å². The summed E-state index contributed by atoms with van der Waals surface area (Å²) in [5, 5.41) is 6.69. The van der Waals surface area contributed by atoms with Crippen molar-refractivity contribution in [2.75, 3.05) is 26.4 Å². The molecule has 0 spiro atoms. The molecule has 4 rings (SSSR count). The highest BCUT2D eigenvalue weighted by Gasteiger charge is 2.46. The van der Waals surface area contributed by atoms with Gasteiger partial charge in [0.2, 0.25) is 15.9 Å². The minimum absolute atomic E-state index is 0.0237. The SMILES string of the molecule is CC1CCC(F)C2CC(C(=O)N[C@@H]3CCC[C@@H](N4CC[C@H](N(C)S(C)(=O)=O)C4)C3)NC12. The third kappa shape index (κ3) is 5.09. The number of halogens is 1. The van der Waals surface area contributed by atoms with Gasteiger partial charge in [-0.1, -0.05) is 6.92 Å². The van der Waals surface area contributed by atoms with Gasteiger partial charge >= 0.3 is 0 Å². The minimum Gasteiger partial charge on any atom is -0.352 e. The smallest absolute Gasteiger partial charge is 0.237 e. The zero-order valence-corrected chi connectivity index (χ0v) is 19.9. The first-order valence-electron chi connectivity index (χ1n) is 12.0. The molecular formula is C22H39FN4O3S. The summed E-state index contributed by atoms with van der Waals surface area (Å²) >= 11 is 0. The molecule has 2 N–H and O–H groups in total. The Morgan fingerprint density at radius 3 is 2.65 bits per heavy atom. The molecule has 31 heavy (non-hydrogen) atoms. The number of fused-ring (bicyclic) bond motifs is 1. The molecule has 1 amide bonds. The lowest BCUT2D eigenvalue weighted by atomic mass is 9.77. The molecule has 4 fully saturated rings. The van der Waals surface area contributed by atoms with Crippen LogP contribution in [-0.2, 0) is 14.8 Å². The highest BCUT2D eigenvalue weighted by Crippen LogP contribution is 2.38. The van der Waals surface area contributed by atoms with Crippen LogP contribution in [0.4, 0.5) is 4.39 Å². The van der Waals surface area contributed by atoms with E-state index in [1.165, 1.54) is 10.6 Å². The van der Waals surface area contributed by atoms with E-state index in [4.69, 9.17) is 0 Å². The van der Waals surface area contributed by atoms with Gasteiger partial charge in [-0.05, 0) is 57.3 Å². The molecule has 0 aromatic heterocycles. The number of carbonyl (C=O) groups is 1. The standard InChI is InChI=1S/C22H39FN4O3S/c1-14-7-8-19(23)18-12-20(25-21(14)18)22(28)24-15-5-4-6-16(11-15)27-10-9-17(13-27)26(2)31(3,29)30/h14-21,25H,4-13H2,1-3H3,(H,24,28)/t14?,15-,16-,17+,18?,19?,20?,21?/m1/s1. The molecule has 4 aliphatic rings. The number of likely N-dealkylation sites (tertiary alicyclic amines) is 1. The Hall–Kier alpha value is -0.770. The van der Waals surface area contributed by atoms with Gasteiger partial charge in [-0.2, -0.15) is 0 Å². The van der Waals surface area contributed by atoms with E-state index in [1.54, 1.807) is 7.05 Å². The van der Waals surface area contributed by atoms with Crippen LogP contribution in [0.1, 0.15) is 58.3 Å². The summed E-state index contributed by atoms with van der Waals surface area (Å²) in [6.45, 7) is 3.82. The van der Waals surface area contributed by atoms with Crippen molar-refractivity contribution in [1.82, 2.24) is 19.8 Å². The summed E-state index contributed by atoms with van der Waals surface area (Å²) in [5.74, 6) is 0.407. The van der Waals surface area contributed by atoms with Gasteiger partial charge in [-0.3, -0.25) is 9.69 Å². The van der Waals surface area contributed by atoms with E-state index in [1.807, 2.05) is 0 Å². The van der Waals surface area contributed by atoms with Crippen LogP contribution in [-0.4, -0.2) is 86.3 Å². The summed E-state index contributed by atoms with van der Waals surface area (Å²) in [6, 6.07) is 0.389. The monoisotopic (exact) mass is 458 g/mol. The van der Waals surface area contributed by atoms with Crippen LogP contribution >= 0.6 is 0 Å². The van der Waals surface area contributed by atoms with Crippen LogP contribution in [0.5, 0.6) is 0 Å². The third-order valence-corrected chi connectivity index (χ3v) is 9.74. The number of hydrogen-bond acceptors (Lipinski definition) is 5. The van der Waals surface area contributed by atoms with E-state index in [-0.39, 0.29) is 36.0 Å². The van der Waals surface area contributed by atoms with Crippen molar-refractivity contribution >= 4 is 15.9 Å². The average molecular weight is 459 g/mol. The summed E-state index contributed by atoms with van der Waals surface area (Å²) in [6.07, 6.45) is 7.47. The zero-order valence-electron chi connectivity index (χ0n) is 19.1. The Balaban J connectivity index is 1.29. The molecule has 2 heterocycles. The van der Waals surface area contributed by atoms with Crippen LogP contribution < -0.4 is 10.6 Å². The lowest BCUT2D eigenvalue weighted by molar-refractivity contribution is -0.124. The van der Waals surface area contributed by atoms with E-state index in [9.17, 15) is 17.6 Å². The van der Waals surface area contributed by atoms with Crippen LogP contribution in [0, 0.1) is 11.8 Å². The summed E-state index contributed by atoms with van der Waals surface area (Å²) in [4.78, 5) is 15.4. The number of nitrogens with one attached hydrogen (secondary N) is 2. The van der Waals surface area contributed by atoms with Crippen molar-refractivity contribution in [3.05, 3.63) is 0 Å². The molecule has 0 bridgehead atoms. The predicted octanol–water partition coefficient (Wildman–Crippen LogP) is 1.49. The number of likely N-dealkylation sites (N-methyl/N-ethyl adjacent to an activating group) is 1. The van der Waals surface area contributed by atoms with E-state index < -0.39 is 16.2 Å². The second-order valence-corrected chi connectivity index (χ2v) is 12.5. The number of amides is 1. The van der Waals surface area contributed by atoms with Crippen LogP contribution in [0.2, 0.25) is 0 Å². The number of carbonyl (C=O) groups excluding carboxylic acids is 1. The van der Waals surface area contributed by atoms with Crippen LogP contribution in [0.25, 0.3) is 0 Å². The lowest BCUT2D eigenvalue weighted by Gasteiger charge is -2.36. The van der Waals surface area contributed by atoms with Gasteiger partial charge in [0.15, 0.2) is 0 Å². The minimum atomic E-state index is -3.18. The molecule has 2 saturated heterocycles. The molecule has 2 aliphatic heterocycles. The van der Waals surface area contributed by atoms with Crippen molar-refractivity contribution in [2.24, 2.45) is 11.8 Å². The quantitative estimate of drug-likeness (QED) is 0.653. The van der Waals surface area contributed by atoms with Crippen molar-refractivity contribution in [3.63, 3.8) is 0 Å². The maximum absolute atomic E-state index is 14.4. The largest absolute Gasteiger partial charge is 0.352 e. The molecule has 2 aliphatic carbocycles. The highest BCUT2D eigenvalue weighted by molar-refractivity contribution is 7.88. The van der Waals surface area contributed by atoms with Gasteiger partial charge < -0.3 is 10.6 Å². The van der Waals surface area contributed by atoms with Crippen LogP contribution in [0.3, 0.4) is 0 Å². The topological polar surface area (TPSA) is 81.8 Å². The fourth-order valence-electron chi connectivity index (χ4n) is 6.40. The van der Waals surface area contributed by atoms with E-state index in [0.29, 0.717) is 24.8 Å². The van der Waals surface area contributed by atoms with Crippen molar-refractivity contribution in [2.45, 2.75) is 94.7 Å². The van der Waals surface area contributed by atoms with Crippen LogP contribution in [0.15, 0.2) is 0 Å². The number of sulfonamides is 1. The maximum Gasteiger partial charge on any atom is 0.237 e. The first-order chi connectivity index (χ1) is 14.6. The van der Waals surface area contributed by atoms with Crippen molar-refractivity contribution < 1.29 is 17.6 Å². The van der Waals surface area contributed by atoms with Gasteiger partial charge in [-0.15, -0.1) is 0 Å². The molecule has 8 atom stereocenters. The number of hydrogen-bond donors (Lipinski definition) is 2. The van der Waals surface area contributed by atoms with Gasteiger partial charge in [-0.25, -0.2) is 17.1 Å². The first kappa shape index (κ1) is 23.4. The van der Waals surface area contributed by atoms with E-state index in [2.05, 4.69) is 22.5 Å². The summed E-state index contributed by atoms with van der Waals surface area (Å²) in [5.41, 5.74) is 0. The molecule has 5 unspecified atom stereocenters. The number of alkyl halides is 1. The molecule has 0 aromatic rings. The number of rotatable bonds is 5. The lowest BCUT2D eigenvalue weighted by Crippen LogP contribution is -2.51. The Bertz CT molecular complexity index is 748. The second-order valence-electron chi connectivity index (χ2n) is 10.5. The summed E-state index contributed by atoms with van der Waals surface area (Å²) in [7, 11) is -1.51. The molecule has 2 saturated carbocycles.